The van der Waals surface area contributed by atoms with Crippen LogP contribution in [0.15, 0.2) is 37.1 Å². The Labute approximate surface area is 79.0 Å². The van der Waals surface area contributed by atoms with Crippen LogP contribution in [0.3, 0.4) is 0 Å². The van der Waals surface area contributed by atoms with Crippen LogP contribution < -0.4 is 4.90 Å². The van der Waals surface area contributed by atoms with Crippen molar-refractivity contribution >= 4 is 11.8 Å². The van der Waals surface area contributed by atoms with Crippen molar-refractivity contribution in [2.75, 3.05) is 11.9 Å². The number of para-hydroxylation sites is 1. The van der Waals surface area contributed by atoms with E-state index in [2.05, 4.69) is 49.0 Å². The highest BCUT2D eigenvalue weighted by Gasteiger charge is 2.11. The van der Waals surface area contributed by atoms with Gasteiger partial charge in [0.05, 0.1) is 5.69 Å². The van der Waals surface area contributed by atoms with Crippen molar-refractivity contribution in [3.05, 3.63) is 48.2 Å². The van der Waals surface area contributed by atoms with Gasteiger partial charge in [-0.3, -0.25) is 0 Å². The summed E-state index contributed by atoms with van der Waals surface area (Å²) in [4.78, 5) is 2.15. The van der Waals surface area contributed by atoms with Crippen LogP contribution in [0.1, 0.15) is 11.1 Å². The average molecular weight is 171 g/mol. The van der Waals surface area contributed by atoms with Crippen LogP contribution in [-0.2, 0) is 6.42 Å². The van der Waals surface area contributed by atoms with E-state index in [0.29, 0.717) is 0 Å². The molecule has 0 aliphatic carbocycles. The third kappa shape index (κ3) is 1.26. The van der Waals surface area contributed by atoms with E-state index >= 15 is 0 Å². The highest BCUT2D eigenvalue weighted by Crippen LogP contribution is 2.29. The summed E-state index contributed by atoms with van der Waals surface area (Å²) >= 11 is 0. The average Bonchev–Trinajstić information content (AvgIpc) is 2.17. The van der Waals surface area contributed by atoms with E-state index < -0.39 is 0 Å². The molecule has 0 aromatic heterocycles. The van der Waals surface area contributed by atoms with E-state index in [1.807, 2.05) is 6.08 Å². The molecule has 1 heterocycles. The lowest BCUT2D eigenvalue weighted by molar-refractivity contribution is 1.09. The van der Waals surface area contributed by atoms with Crippen molar-refractivity contribution in [1.82, 2.24) is 0 Å². The molecule has 0 radical (unpaired) electrons. The highest BCUT2D eigenvalue weighted by atomic mass is 15.1. The van der Waals surface area contributed by atoms with Crippen LogP contribution in [0.2, 0.25) is 0 Å². The van der Waals surface area contributed by atoms with E-state index in [1.54, 1.807) is 0 Å². The van der Waals surface area contributed by atoms with Gasteiger partial charge in [0, 0.05) is 13.2 Å². The standard InChI is InChI=1S/C12H13N/c1-3-10-6-4-7-11-8-5-9-13(2)12(10)11/h3-7,9H,1,8H2,2H3. The monoisotopic (exact) mass is 171 g/mol. The van der Waals surface area contributed by atoms with Gasteiger partial charge in [-0.2, -0.15) is 0 Å². The fourth-order valence-electron chi connectivity index (χ4n) is 1.78. The Hall–Kier alpha value is -1.50. The Morgan fingerprint density at radius 3 is 3.08 bits per heavy atom. The zero-order valence-corrected chi connectivity index (χ0v) is 7.83. The maximum atomic E-state index is 3.82. The zero-order chi connectivity index (χ0) is 9.26. The molecule has 2 rings (SSSR count). The fourth-order valence-corrected chi connectivity index (χ4v) is 1.78. The van der Waals surface area contributed by atoms with Gasteiger partial charge in [-0.25, -0.2) is 0 Å². The number of benzene rings is 1. The van der Waals surface area contributed by atoms with Crippen LogP contribution in [0.5, 0.6) is 0 Å². The van der Waals surface area contributed by atoms with Crippen LogP contribution in [0.4, 0.5) is 5.69 Å². The first-order chi connectivity index (χ1) is 6.33. The van der Waals surface area contributed by atoms with Crippen molar-refractivity contribution in [2.45, 2.75) is 6.42 Å². The Kier molecular flexibility index (Phi) is 1.93. The first-order valence-corrected chi connectivity index (χ1v) is 4.47. The second-order valence-electron chi connectivity index (χ2n) is 3.26. The van der Waals surface area contributed by atoms with Crippen molar-refractivity contribution < 1.29 is 0 Å². The maximum absolute atomic E-state index is 3.82. The number of nitrogens with zero attached hydrogens (tertiary/aromatic N) is 1. The minimum absolute atomic E-state index is 1.03. The van der Waals surface area contributed by atoms with Gasteiger partial charge in [0.2, 0.25) is 0 Å². The SMILES string of the molecule is C=Cc1cccc2c1N(C)C=CC2. The summed E-state index contributed by atoms with van der Waals surface area (Å²) in [7, 11) is 2.07. The number of fused-ring (bicyclic) bond motifs is 1. The molecular weight excluding hydrogens is 158 g/mol. The molecule has 0 saturated carbocycles. The molecule has 0 amide bonds. The van der Waals surface area contributed by atoms with Gasteiger partial charge in [0.1, 0.15) is 0 Å². The maximum Gasteiger partial charge on any atom is 0.0512 e. The van der Waals surface area contributed by atoms with Crippen molar-refractivity contribution in [1.29, 1.82) is 0 Å². The van der Waals surface area contributed by atoms with E-state index in [0.717, 1.165) is 6.42 Å². The molecule has 1 aliphatic heterocycles. The Bertz CT molecular complexity index is 363. The summed E-state index contributed by atoms with van der Waals surface area (Å²) < 4.78 is 0. The lowest BCUT2D eigenvalue weighted by Crippen LogP contribution is -2.15. The van der Waals surface area contributed by atoms with Gasteiger partial charge in [0.25, 0.3) is 0 Å². The van der Waals surface area contributed by atoms with Gasteiger partial charge in [-0.15, -0.1) is 0 Å². The van der Waals surface area contributed by atoms with Crippen LogP contribution >= 0.6 is 0 Å². The van der Waals surface area contributed by atoms with Crippen LogP contribution in [0, 0.1) is 0 Å². The molecule has 0 unspecified atom stereocenters. The number of hydrogen-bond acceptors (Lipinski definition) is 1. The molecule has 0 bridgehead atoms. The van der Waals surface area contributed by atoms with Gasteiger partial charge in [0.15, 0.2) is 0 Å². The minimum atomic E-state index is 1.03. The second-order valence-corrected chi connectivity index (χ2v) is 3.26. The van der Waals surface area contributed by atoms with Crippen molar-refractivity contribution in [2.24, 2.45) is 0 Å². The molecule has 1 aliphatic rings. The molecule has 0 saturated heterocycles. The lowest BCUT2D eigenvalue weighted by Gasteiger charge is -2.24. The van der Waals surface area contributed by atoms with E-state index in [-0.39, 0.29) is 0 Å². The fraction of sp³-hybridized carbons (Fsp3) is 0.167. The summed E-state index contributed by atoms with van der Waals surface area (Å²) in [6, 6.07) is 6.35. The summed E-state index contributed by atoms with van der Waals surface area (Å²) in [6.45, 7) is 3.82. The normalized spacial score (nSPS) is 14.1. The quantitative estimate of drug-likeness (QED) is 0.628. The summed E-state index contributed by atoms with van der Waals surface area (Å²) in [5, 5.41) is 0. The minimum Gasteiger partial charge on any atom is -0.351 e. The number of allylic oxidation sites excluding steroid dienone is 1. The Morgan fingerprint density at radius 1 is 1.46 bits per heavy atom. The summed E-state index contributed by atoms with van der Waals surface area (Å²) in [5.41, 5.74) is 3.88. The molecular formula is C12H13N. The molecule has 1 aromatic carbocycles. The largest absolute Gasteiger partial charge is 0.351 e. The predicted octanol–water partition coefficient (Wildman–Crippen LogP) is 2.84. The first kappa shape index (κ1) is 8.11. The van der Waals surface area contributed by atoms with Gasteiger partial charge in [-0.05, 0) is 17.5 Å². The van der Waals surface area contributed by atoms with Gasteiger partial charge in [-0.1, -0.05) is 36.9 Å². The molecule has 0 atom stereocenters. The third-order valence-electron chi connectivity index (χ3n) is 2.39. The zero-order valence-electron chi connectivity index (χ0n) is 7.83. The second kappa shape index (κ2) is 3.09. The molecule has 66 valence electrons. The number of anilines is 1. The molecule has 13 heavy (non-hydrogen) atoms. The molecule has 1 heteroatoms. The summed E-state index contributed by atoms with van der Waals surface area (Å²) in [6.07, 6.45) is 7.22. The van der Waals surface area contributed by atoms with Crippen LogP contribution in [0.25, 0.3) is 6.08 Å². The topological polar surface area (TPSA) is 3.24 Å². The van der Waals surface area contributed by atoms with Crippen LogP contribution in [-0.4, -0.2) is 7.05 Å². The van der Waals surface area contributed by atoms with Gasteiger partial charge < -0.3 is 4.90 Å². The highest BCUT2D eigenvalue weighted by molar-refractivity contribution is 5.72. The molecule has 0 N–H and O–H groups in total. The number of hydrogen-bond donors (Lipinski definition) is 0. The molecule has 1 nitrogen and oxygen atoms in total. The Balaban J connectivity index is 2.60. The number of rotatable bonds is 1. The smallest absolute Gasteiger partial charge is 0.0512 e. The van der Waals surface area contributed by atoms with E-state index in [1.165, 1.54) is 16.8 Å². The predicted molar refractivity (Wildman–Crippen MR) is 57.8 cm³/mol. The van der Waals surface area contributed by atoms with E-state index in [4.69, 9.17) is 0 Å². The van der Waals surface area contributed by atoms with E-state index in [9.17, 15) is 0 Å². The third-order valence-corrected chi connectivity index (χ3v) is 2.39. The molecule has 0 fully saturated rings. The van der Waals surface area contributed by atoms with Crippen molar-refractivity contribution in [3.8, 4) is 0 Å². The van der Waals surface area contributed by atoms with Crippen molar-refractivity contribution in [3.63, 3.8) is 0 Å². The van der Waals surface area contributed by atoms with Gasteiger partial charge >= 0.3 is 0 Å². The Morgan fingerprint density at radius 2 is 2.31 bits per heavy atom. The first-order valence-electron chi connectivity index (χ1n) is 4.47. The lowest BCUT2D eigenvalue weighted by atomic mass is 10.0. The molecule has 0 spiro atoms. The molecule has 1 aromatic rings. The summed E-state index contributed by atoms with van der Waals surface area (Å²) in [5.74, 6) is 0.